The fraction of sp³-hybridized carbons (Fsp3) is 0.394. The van der Waals surface area contributed by atoms with Crippen molar-refractivity contribution in [2.75, 3.05) is 23.7 Å². The predicted molar refractivity (Wildman–Crippen MR) is 166 cm³/mol. The Bertz CT molecular complexity index is 1410. The molecule has 2 amide bonds. The van der Waals surface area contributed by atoms with Crippen molar-refractivity contribution in [1.29, 1.82) is 0 Å². The van der Waals surface area contributed by atoms with E-state index in [0.717, 1.165) is 39.2 Å². The molecule has 1 atom stereocenters. The first-order valence-corrected chi connectivity index (χ1v) is 15.9. The van der Waals surface area contributed by atoms with E-state index in [4.69, 9.17) is 0 Å². The van der Waals surface area contributed by atoms with Crippen LogP contribution in [-0.2, 0) is 38.0 Å². The number of anilines is 1. The first-order chi connectivity index (χ1) is 19.3. The summed E-state index contributed by atoms with van der Waals surface area (Å²) in [7, 11) is -3.81. The lowest BCUT2D eigenvalue weighted by Crippen LogP contribution is -2.53. The molecule has 220 valence electrons. The average Bonchev–Trinajstić information content (AvgIpc) is 2.91. The van der Waals surface area contributed by atoms with Gasteiger partial charge in [-0.1, -0.05) is 100.0 Å². The molecule has 0 aliphatic rings. The van der Waals surface area contributed by atoms with Crippen molar-refractivity contribution < 1.29 is 18.0 Å². The third-order valence-electron chi connectivity index (χ3n) is 6.96. The Balaban J connectivity index is 2.04. The Morgan fingerprint density at radius 1 is 0.902 bits per heavy atom. The highest BCUT2D eigenvalue weighted by atomic mass is 32.2. The highest BCUT2D eigenvalue weighted by Gasteiger charge is 2.33. The molecule has 0 spiro atoms. The number of nitrogens with zero attached hydrogens (tertiary/aromatic N) is 2. The van der Waals surface area contributed by atoms with Crippen LogP contribution < -0.4 is 9.62 Å². The minimum atomic E-state index is -3.81. The normalized spacial score (nSPS) is 12.4. The first kappa shape index (κ1) is 31.9. The Morgan fingerprint density at radius 2 is 1.54 bits per heavy atom. The smallest absolute Gasteiger partial charge is 0.244 e. The maximum atomic E-state index is 14.1. The fourth-order valence-corrected chi connectivity index (χ4v) is 5.52. The second-order valence-electron chi connectivity index (χ2n) is 11.6. The van der Waals surface area contributed by atoms with Crippen LogP contribution in [0.1, 0.15) is 56.4 Å². The Kier molecular flexibility index (Phi) is 10.7. The van der Waals surface area contributed by atoms with Crippen LogP contribution in [0.15, 0.2) is 78.9 Å². The summed E-state index contributed by atoms with van der Waals surface area (Å²) in [5.74, 6) is -0.721. The van der Waals surface area contributed by atoms with Crippen LogP contribution in [0.2, 0.25) is 0 Å². The van der Waals surface area contributed by atoms with E-state index in [1.54, 1.807) is 12.1 Å². The van der Waals surface area contributed by atoms with Gasteiger partial charge < -0.3 is 10.2 Å². The standard InChI is InChI=1S/C33H43N3O4S/c1-7-20-34-32(38)30(22-26-13-9-8-10-14-26)35(23-27-15-11-12-25(2)21-27)31(37)24-36(41(6,39)40)29-18-16-28(17-19-29)33(3,4)5/h8-19,21,30H,7,20,22-24H2,1-6H3,(H,34,38). The second-order valence-corrected chi connectivity index (χ2v) is 13.5. The summed E-state index contributed by atoms with van der Waals surface area (Å²) in [4.78, 5) is 29.2. The lowest BCUT2D eigenvalue weighted by Gasteiger charge is -2.33. The minimum absolute atomic E-state index is 0.106. The number of carbonyl (C=O) groups is 2. The topological polar surface area (TPSA) is 86.8 Å². The maximum Gasteiger partial charge on any atom is 0.244 e. The lowest BCUT2D eigenvalue weighted by atomic mass is 9.87. The van der Waals surface area contributed by atoms with Crippen molar-refractivity contribution in [3.63, 3.8) is 0 Å². The van der Waals surface area contributed by atoms with Crippen molar-refractivity contribution in [2.24, 2.45) is 0 Å². The Labute approximate surface area is 245 Å². The number of sulfonamides is 1. The third-order valence-corrected chi connectivity index (χ3v) is 8.10. The van der Waals surface area contributed by atoms with Gasteiger partial charge in [0.05, 0.1) is 11.9 Å². The molecular formula is C33H43N3O4S. The van der Waals surface area contributed by atoms with E-state index in [9.17, 15) is 18.0 Å². The van der Waals surface area contributed by atoms with E-state index in [0.29, 0.717) is 18.7 Å². The van der Waals surface area contributed by atoms with Crippen LogP contribution in [0.5, 0.6) is 0 Å². The van der Waals surface area contributed by atoms with Crippen molar-refractivity contribution in [1.82, 2.24) is 10.2 Å². The molecule has 7 nitrogen and oxygen atoms in total. The number of amides is 2. The number of carbonyl (C=O) groups excluding carboxylic acids is 2. The predicted octanol–water partition coefficient (Wildman–Crippen LogP) is 5.22. The van der Waals surface area contributed by atoms with E-state index in [2.05, 4.69) is 26.1 Å². The first-order valence-electron chi connectivity index (χ1n) is 14.0. The van der Waals surface area contributed by atoms with Gasteiger partial charge in [0.25, 0.3) is 0 Å². The zero-order valence-corrected chi connectivity index (χ0v) is 25.9. The number of benzene rings is 3. The second kappa shape index (κ2) is 13.8. The lowest BCUT2D eigenvalue weighted by molar-refractivity contribution is -0.140. The Morgan fingerprint density at radius 3 is 2.10 bits per heavy atom. The number of rotatable bonds is 12. The summed E-state index contributed by atoms with van der Waals surface area (Å²) in [6.07, 6.45) is 2.15. The average molecular weight is 578 g/mol. The fourth-order valence-electron chi connectivity index (χ4n) is 4.67. The molecule has 1 unspecified atom stereocenters. The van der Waals surface area contributed by atoms with Crippen molar-refractivity contribution in [2.45, 2.75) is 65.5 Å². The summed E-state index contributed by atoms with van der Waals surface area (Å²) in [6, 6.07) is 23.7. The summed E-state index contributed by atoms with van der Waals surface area (Å²) in [6.45, 7) is 10.4. The summed E-state index contributed by atoms with van der Waals surface area (Å²) in [5, 5.41) is 2.96. The van der Waals surface area contributed by atoms with E-state index in [-0.39, 0.29) is 17.9 Å². The van der Waals surface area contributed by atoms with Crippen LogP contribution >= 0.6 is 0 Å². The monoisotopic (exact) mass is 577 g/mol. The van der Waals surface area contributed by atoms with Gasteiger partial charge in [0.2, 0.25) is 21.8 Å². The molecule has 0 aromatic heterocycles. The van der Waals surface area contributed by atoms with Crippen molar-refractivity contribution >= 4 is 27.5 Å². The van der Waals surface area contributed by atoms with Crippen molar-refractivity contribution in [3.8, 4) is 0 Å². The molecule has 0 bridgehead atoms. The molecule has 0 saturated carbocycles. The number of aryl methyl sites for hydroxylation is 1. The van der Waals surface area contributed by atoms with Crippen LogP contribution in [-0.4, -0.2) is 50.5 Å². The molecule has 3 aromatic carbocycles. The SMILES string of the molecule is CCCNC(=O)C(Cc1ccccc1)N(Cc1cccc(C)c1)C(=O)CN(c1ccc(C(C)(C)C)cc1)S(C)(=O)=O. The van der Waals surface area contributed by atoms with Crippen LogP contribution in [0.25, 0.3) is 0 Å². The van der Waals surface area contributed by atoms with Gasteiger partial charge in [-0.2, -0.15) is 0 Å². The van der Waals surface area contributed by atoms with Crippen LogP contribution in [0.4, 0.5) is 5.69 Å². The maximum absolute atomic E-state index is 14.1. The van der Waals surface area contributed by atoms with Gasteiger partial charge in [0.15, 0.2) is 0 Å². The van der Waals surface area contributed by atoms with Crippen LogP contribution in [0.3, 0.4) is 0 Å². The molecule has 1 N–H and O–H groups in total. The van der Waals surface area contributed by atoms with E-state index in [1.165, 1.54) is 4.90 Å². The molecule has 0 heterocycles. The van der Waals surface area contributed by atoms with E-state index >= 15 is 0 Å². The quantitative estimate of drug-likeness (QED) is 0.320. The van der Waals surface area contributed by atoms with Gasteiger partial charge in [-0.3, -0.25) is 13.9 Å². The number of hydrogen-bond acceptors (Lipinski definition) is 4. The summed E-state index contributed by atoms with van der Waals surface area (Å²) >= 11 is 0. The van der Waals surface area contributed by atoms with E-state index < -0.39 is 28.5 Å². The van der Waals surface area contributed by atoms with Crippen molar-refractivity contribution in [3.05, 3.63) is 101 Å². The third kappa shape index (κ3) is 9.18. The molecular weight excluding hydrogens is 534 g/mol. The number of nitrogens with one attached hydrogen (secondary N) is 1. The molecule has 41 heavy (non-hydrogen) atoms. The van der Waals surface area contributed by atoms with Crippen LogP contribution in [0, 0.1) is 6.92 Å². The highest BCUT2D eigenvalue weighted by Crippen LogP contribution is 2.26. The highest BCUT2D eigenvalue weighted by molar-refractivity contribution is 7.92. The van der Waals surface area contributed by atoms with E-state index in [1.807, 2.05) is 80.6 Å². The van der Waals surface area contributed by atoms with Gasteiger partial charge in [-0.25, -0.2) is 8.42 Å². The molecule has 0 fully saturated rings. The number of hydrogen-bond donors (Lipinski definition) is 1. The minimum Gasteiger partial charge on any atom is -0.354 e. The molecule has 0 radical (unpaired) electrons. The summed E-state index contributed by atoms with van der Waals surface area (Å²) < 4.78 is 27.1. The largest absolute Gasteiger partial charge is 0.354 e. The van der Waals surface area contributed by atoms with Gasteiger partial charge in [-0.05, 0) is 47.6 Å². The van der Waals surface area contributed by atoms with Gasteiger partial charge in [0.1, 0.15) is 12.6 Å². The molecule has 3 aromatic rings. The molecule has 0 saturated heterocycles. The van der Waals surface area contributed by atoms with Gasteiger partial charge in [-0.15, -0.1) is 0 Å². The molecule has 0 aliphatic carbocycles. The molecule has 8 heteroatoms. The van der Waals surface area contributed by atoms with Gasteiger partial charge >= 0.3 is 0 Å². The zero-order valence-electron chi connectivity index (χ0n) is 25.1. The van der Waals surface area contributed by atoms with Gasteiger partial charge in [0, 0.05) is 19.5 Å². The summed E-state index contributed by atoms with van der Waals surface area (Å²) in [5.41, 5.74) is 4.15. The Hall–Kier alpha value is -3.65. The molecule has 0 aliphatic heterocycles. The zero-order chi connectivity index (χ0) is 30.2. The molecule has 3 rings (SSSR count).